The Morgan fingerprint density at radius 1 is 1.18 bits per heavy atom. The highest BCUT2D eigenvalue weighted by molar-refractivity contribution is 6.33. The number of aromatic nitrogens is 2. The largest absolute Gasteiger partial charge is 0.416 e. The first-order chi connectivity index (χ1) is 15.7. The summed E-state index contributed by atoms with van der Waals surface area (Å²) in [5.41, 5.74) is -0.886. The van der Waals surface area contributed by atoms with Crippen molar-refractivity contribution in [3.05, 3.63) is 57.0 Å². The van der Waals surface area contributed by atoms with Crippen LogP contribution in [-0.4, -0.2) is 46.8 Å². The van der Waals surface area contributed by atoms with E-state index in [0.29, 0.717) is 25.3 Å². The molecule has 2 unspecified atom stereocenters. The molecular formula is C22H24ClF3N4O3. The maximum Gasteiger partial charge on any atom is 0.416 e. The van der Waals surface area contributed by atoms with Gasteiger partial charge in [-0.1, -0.05) is 29.8 Å². The highest BCUT2D eigenvalue weighted by atomic mass is 35.5. The summed E-state index contributed by atoms with van der Waals surface area (Å²) < 4.78 is 47.1. The molecule has 2 atom stereocenters. The lowest BCUT2D eigenvalue weighted by Gasteiger charge is -2.39. The number of anilines is 1. The first-order valence-electron chi connectivity index (χ1n) is 10.8. The molecule has 2 aliphatic heterocycles. The second-order valence-corrected chi connectivity index (χ2v) is 8.56. The highest BCUT2D eigenvalue weighted by Gasteiger charge is 2.37. The van der Waals surface area contributed by atoms with Crippen LogP contribution in [-0.2, 0) is 15.7 Å². The number of carbonyl (C=O) groups is 1. The number of piperazine rings is 1. The van der Waals surface area contributed by atoms with Gasteiger partial charge in [0.25, 0.3) is 5.56 Å². The van der Waals surface area contributed by atoms with E-state index in [-0.39, 0.29) is 29.6 Å². The van der Waals surface area contributed by atoms with Crippen molar-refractivity contribution in [2.24, 2.45) is 0 Å². The van der Waals surface area contributed by atoms with Crippen LogP contribution < -0.4 is 10.5 Å². The minimum absolute atomic E-state index is 0.0431. The first-order valence-corrected chi connectivity index (χ1v) is 11.2. The van der Waals surface area contributed by atoms with Crippen LogP contribution in [0.25, 0.3) is 0 Å². The van der Waals surface area contributed by atoms with Crippen LogP contribution in [0.1, 0.15) is 49.6 Å². The van der Waals surface area contributed by atoms with Crippen LogP contribution in [0.3, 0.4) is 0 Å². The van der Waals surface area contributed by atoms with E-state index in [1.165, 1.54) is 34.0 Å². The van der Waals surface area contributed by atoms with Gasteiger partial charge in [0.1, 0.15) is 5.02 Å². The van der Waals surface area contributed by atoms with E-state index in [2.05, 4.69) is 5.10 Å². The van der Waals surface area contributed by atoms with Gasteiger partial charge in [-0.3, -0.25) is 9.59 Å². The van der Waals surface area contributed by atoms with E-state index >= 15 is 0 Å². The molecule has 0 saturated carbocycles. The summed E-state index contributed by atoms with van der Waals surface area (Å²) in [6, 6.07) is 4.50. The third-order valence-electron chi connectivity index (χ3n) is 6.14. The summed E-state index contributed by atoms with van der Waals surface area (Å²) in [4.78, 5) is 28.7. The molecule has 1 aromatic heterocycles. The molecular weight excluding hydrogens is 461 g/mol. The van der Waals surface area contributed by atoms with Gasteiger partial charge in [-0.25, -0.2) is 0 Å². The topological polar surface area (TPSA) is 67.7 Å². The first kappa shape index (κ1) is 23.6. The van der Waals surface area contributed by atoms with Crippen LogP contribution in [0.5, 0.6) is 0 Å². The zero-order valence-corrected chi connectivity index (χ0v) is 18.8. The van der Waals surface area contributed by atoms with Gasteiger partial charge in [0.2, 0.25) is 5.91 Å². The summed E-state index contributed by atoms with van der Waals surface area (Å²) >= 11 is 6.34. The molecule has 2 aromatic rings. The van der Waals surface area contributed by atoms with Crippen LogP contribution in [0.15, 0.2) is 35.3 Å². The van der Waals surface area contributed by atoms with Gasteiger partial charge in [0, 0.05) is 19.7 Å². The molecule has 0 bridgehead atoms. The van der Waals surface area contributed by atoms with E-state index in [0.717, 1.165) is 18.9 Å². The number of ether oxygens (including phenoxy) is 1. The Balaban J connectivity index is 1.52. The smallest absolute Gasteiger partial charge is 0.358 e. The molecule has 0 radical (unpaired) electrons. The minimum Gasteiger partial charge on any atom is -0.358 e. The molecule has 7 nitrogen and oxygen atoms in total. The Morgan fingerprint density at radius 2 is 1.94 bits per heavy atom. The number of halogens is 4. The molecule has 2 saturated heterocycles. The molecule has 11 heteroatoms. The highest BCUT2D eigenvalue weighted by Crippen LogP contribution is 2.37. The van der Waals surface area contributed by atoms with Crippen LogP contribution in [0, 0.1) is 0 Å². The van der Waals surface area contributed by atoms with E-state index in [1.54, 1.807) is 11.8 Å². The predicted molar refractivity (Wildman–Crippen MR) is 116 cm³/mol. The normalized spacial score (nSPS) is 20.8. The third-order valence-corrected chi connectivity index (χ3v) is 6.49. The van der Waals surface area contributed by atoms with Crippen LogP contribution in [0.2, 0.25) is 5.02 Å². The molecule has 33 heavy (non-hydrogen) atoms. The predicted octanol–water partition coefficient (Wildman–Crippen LogP) is 4.02. The molecule has 0 N–H and O–H groups in total. The molecule has 1 amide bonds. The minimum atomic E-state index is -4.51. The van der Waals surface area contributed by atoms with Gasteiger partial charge in [0.05, 0.1) is 30.0 Å². The lowest BCUT2D eigenvalue weighted by atomic mass is 9.99. The van der Waals surface area contributed by atoms with Crippen molar-refractivity contribution in [3.63, 3.8) is 0 Å². The maximum absolute atomic E-state index is 13.4. The third kappa shape index (κ3) is 4.72. The van der Waals surface area contributed by atoms with E-state index in [1.807, 2.05) is 0 Å². The quantitative estimate of drug-likeness (QED) is 0.655. The van der Waals surface area contributed by atoms with Crippen LogP contribution >= 0.6 is 11.6 Å². The monoisotopic (exact) mass is 484 g/mol. The number of rotatable bonds is 4. The fourth-order valence-corrected chi connectivity index (χ4v) is 4.62. The van der Waals surface area contributed by atoms with Crippen molar-refractivity contribution < 1.29 is 22.7 Å². The summed E-state index contributed by atoms with van der Waals surface area (Å²) in [5.74, 6) is -0.360. The molecule has 0 spiro atoms. The fourth-order valence-electron chi connectivity index (χ4n) is 4.37. The van der Waals surface area contributed by atoms with Gasteiger partial charge >= 0.3 is 6.18 Å². The average Bonchev–Trinajstić information content (AvgIpc) is 2.80. The van der Waals surface area contributed by atoms with Crippen molar-refractivity contribution in [3.8, 4) is 0 Å². The summed E-state index contributed by atoms with van der Waals surface area (Å²) in [6.45, 7) is 2.48. The van der Waals surface area contributed by atoms with Crippen molar-refractivity contribution in [2.75, 3.05) is 31.1 Å². The summed E-state index contributed by atoms with van der Waals surface area (Å²) in [6.07, 6.45) is -1.03. The van der Waals surface area contributed by atoms with Crippen LogP contribution in [0.4, 0.5) is 18.9 Å². The number of alkyl halides is 3. The zero-order chi connectivity index (χ0) is 23.8. The molecule has 2 aliphatic rings. The Hall–Kier alpha value is -2.59. The summed E-state index contributed by atoms with van der Waals surface area (Å²) in [5, 5.41) is 4.15. The molecule has 2 fully saturated rings. The average molecular weight is 485 g/mol. The second-order valence-electron chi connectivity index (χ2n) is 8.18. The van der Waals surface area contributed by atoms with Crippen molar-refractivity contribution >= 4 is 23.2 Å². The second kappa shape index (κ2) is 9.34. The number of nitrogens with zero attached hydrogens (tertiary/aromatic N) is 4. The fraction of sp³-hybridized carbons (Fsp3) is 0.500. The number of amides is 1. The number of carbonyl (C=O) groups excluding carboxylic acids is 1. The molecule has 0 aliphatic carbocycles. The lowest BCUT2D eigenvalue weighted by molar-refractivity contribution is -0.141. The SMILES string of the molecule is CC(c1ccccc1C(F)(F)F)N1CCN(c2cnn(C3CCCCO3)c(=O)c2Cl)CC1=O. The summed E-state index contributed by atoms with van der Waals surface area (Å²) in [7, 11) is 0. The van der Waals surface area contributed by atoms with Crippen molar-refractivity contribution in [1.82, 2.24) is 14.7 Å². The molecule has 4 rings (SSSR count). The lowest BCUT2D eigenvalue weighted by Crippen LogP contribution is -2.51. The molecule has 3 heterocycles. The van der Waals surface area contributed by atoms with E-state index in [9.17, 15) is 22.8 Å². The number of benzene rings is 1. The zero-order valence-electron chi connectivity index (χ0n) is 18.0. The van der Waals surface area contributed by atoms with Gasteiger partial charge in [-0.15, -0.1) is 0 Å². The van der Waals surface area contributed by atoms with Gasteiger partial charge < -0.3 is 14.5 Å². The maximum atomic E-state index is 13.4. The van der Waals surface area contributed by atoms with Crippen molar-refractivity contribution in [1.29, 1.82) is 0 Å². The van der Waals surface area contributed by atoms with E-state index < -0.39 is 29.6 Å². The van der Waals surface area contributed by atoms with Crippen molar-refractivity contribution in [2.45, 2.75) is 44.6 Å². The standard InChI is InChI=1S/C22H24ClF3N4O3/c1-14(15-6-2-3-7-16(15)22(24,25)26)29-10-9-28(13-18(29)31)17-12-27-30(21(32)20(17)23)19-8-4-5-11-33-19/h2-3,6-7,12,14,19H,4-5,8-11,13H2,1H3. The molecule has 178 valence electrons. The van der Waals surface area contributed by atoms with Gasteiger partial charge in [0.15, 0.2) is 6.23 Å². The number of hydrogen-bond acceptors (Lipinski definition) is 5. The Morgan fingerprint density at radius 3 is 2.61 bits per heavy atom. The molecule has 1 aromatic carbocycles. The van der Waals surface area contributed by atoms with Gasteiger partial charge in [-0.05, 0) is 37.8 Å². The van der Waals surface area contributed by atoms with Gasteiger partial charge in [-0.2, -0.15) is 23.0 Å². The Kier molecular flexibility index (Phi) is 6.67. The number of hydrogen-bond donors (Lipinski definition) is 0. The van der Waals surface area contributed by atoms with E-state index in [4.69, 9.17) is 16.3 Å². The Bertz CT molecular complexity index is 1090. The Labute approximate surface area is 193 Å².